The van der Waals surface area contributed by atoms with Crippen molar-refractivity contribution in [2.75, 3.05) is 0 Å². The van der Waals surface area contributed by atoms with Crippen LogP contribution in [-0.2, 0) is 22.5 Å². The van der Waals surface area contributed by atoms with Gasteiger partial charge in [0.15, 0.2) is 0 Å². The van der Waals surface area contributed by atoms with Crippen LogP contribution in [-0.4, -0.2) is 18.1 Å². The third-order valence-electron chi connectivity index (χ3n) is 3.32. The zero-order valence-electron chi connectivity index (χ0n) is 11.3. The average Bonchev–Trinajstić information content (AvgIpc) is 2.36. The second kappa shape index (κ2) is 9.77. The Labute approximate surface area is 112 Å². The molecule has 0 rings (SSSR count). The van der Waals surface area contributed by atoms with Gasteiger partial charge in [0.1, 0.15) is 0 Å². The van der Waals surface area contributed by atoms with Gasteiger partial charge in [-0.1, -0.05) is 40.5 Å². The van der Waals surface area contributed by atoms with Crippen molar-refractivity contribution in [2.45, 2.75) is 59.8 Å². The van der Waals surface area contributed by atoms with E-state index in [0.717, 1.165) is 35.4 Å². The van der Waals surface area contributed by atoms with Crippen LogP contribution in [0.15, 0.2) is 0 Å². The molecule has 0 aromatic carbocycles. The number of hydrogen-bond acceptors (Lipinski definition) is 2. The topological polar surface area (TPSA) is 34.1 Å². The first kappa shape index (κ1) is 16.8. The third kappa shape index (κ3) is 6.32. The van der Waals surface area contributed by atoms with Gasteiger partial charge in [-0.05, 0) is 31.1 Å². The van der Waals surface area contributed by atoms with Crippen LogP contribution in [0, 0.1) is 11.8 Å². The van der Waals surface area contributed by atoms with E-state index in [4.69, 9.17) is 0 Å². The van der Waals surface area contributed by atoms with Crippen LogP contribution < -0.4 is 0 Å². The molecular formula is C13H24O2S2. The predicted molar refractivity (Wildman–Crippen MR) is 79.1 cm³/mol. The van der Waals surface area contributed by atoms with Gasteiger partial charge in [-0.15, -0.1) is 0 Å². The van der Waals surface area contributed by atoms with Gasteiger partial charge in [0.05, 0.1) is 32.2 Å². The quantitative estimate of drug-likeness (QED) is 0.639. The van der Waals surface area contributed by atoms with E-state index in [2.05, 4.69) is 13.8 Å². The van der Waals surface area contributed by atoms with Gasteiger partial charge in [0.2, 0.25) is 0 Å². The first-order valence-electron chi connectivity index (χ1n) is 6.43. The Balaban J connectivity index is 4.45. The fourth-order valence-corrected chi connectivity index (χ4v) is 2.85. The normalized spacial score (nSPS) is 13.9. The summed E-state index contributed by atoms with van der Waals surface area (Å²) < 4.78 is 22.2. The lowest BCUT2D eigenvalue weighted by atomic mass is 9.97. The van der Waals surface area contributed by atoms with Gasteiger partial charge in [0, 0.05) is 0 Å². The highest BCUT2D eigenvalue weighted by molar-refractivity contribution is 7.76. The highest BCUT2D eigenvalue weighted by atomic mass is 32.1. The van der Waals surface area contributed by atoms with E-state index in [0.29, 0.717) is 28.4 Å². The van der Waals surface area contributed by atoms with Crippen molar-refractivity contribution in [1.82, 2.24) is 0 Å². The molecule has 0 heterocycles. The summed E-state index contributed by atoms with van der Waals surface area (Å²) in [7, 11) is 0. The molecular weight excluding hydrogens is 252 g/mol. The SMILES string of the molecule is CCC(C)CCCC(=S=O)C(=S=O)C(C)CC. The van der Waals surface area contributed by atoms with Crippen LogP contribution >= 0.6 is 0 Å². The van der Waals surface area contributed by atoms with Crippen molar-refractivity contribution in [3.63, 3.8) is 0 Å². The molecule has 2 atom stereocenters. The zero-order valence-corrected chi connectivity index (χ0v) is 13.0. The van der Waals surface area contributed by atoms with Crippen LogP contribution in [0.25, 0.3) is 0 Å². The number of rotatable bonds is 8. The molecule has 0 aliphatic heterocycles. The first-order chi connectivity index (χ1) is 8.10. The summed E-state index contributed by atoms with van der Waals surface area (Å²) in [5.74, 6) is 0.928. The molecule has 0 bridgehead atoms. The maximum Gasteiger partial charge on any atom is 0.0935 e. The lowest BCUT2D eigenvalue weighted by Gasteiger charge is -2.12. The largest absolute Gasteiger partial charge is 0.212 e. The molecule has 17 heavy (non-hydrogen) atoms. The molecule has 0 radical (unpaired) electrons. The highest BCUT2D eigenvalue weighted by Crippen LogP contribution is 2.13. The van der Waals surface area contributed by atoms with Gasteiger partial charge in [-0.25, -0.2) is 8.42 Å². The molecule has 0 aliphatic rings. The molecule has 0 fully saturated rings. The summed E-state index contributed by atoms with van der Waals surface area (Å²) in [4.78, 5) is 1.53. The molecule has 0 spiro atoms. The van der Waals surface area contributed by atoms with Crippen LogP contribution in [0.5, 0.6) is 0 Å². The lowest BCUT2D eigenvalue weighted by Crippen LogP contribution is -2.21. The summed E-state index contributed by atoms with van der Waals surface area (Å²) in [5.41, 5.74) is 0. The van der Waals surface area contributed by atoms with Crippen LogP contribution in [0.3, 0.4) is 0 Å². The molecule has 4 heteroatoms. The van der Waals surface area contributed by atoms with Crippen LogP contribution in [0.1, 0.15) is 59.8 Å². The monoisotopic (exact) mass is 276 g/mol. The Kier molecular flexibility index (Phi) is 9.65. The van der Waals surface area contributed by atoms with E-state index in [1.807, 2.05) is 13.8 Å². The van der Waals surface area contributed by atoms with E-state index >= 15 is 0 Å². The molecule has 2 nitrogen and oxygen atoms in total. The molecule has 0 aromatic heterocycles. The van der Waals surface area contributed by atoms with E-state index in [1.54, 1.807) is 0 Å². The van der Waals surface area contributed by atoms with Crippen molar-refractivity contribution in [3.8, 4) is 0 Å². The van der Waals surface area contributed by atoms with Crippen LogP contribution in [0.2, 0.25) is 0 Å². The van der Waals surface area contributed by atoms with Gasteiger partial charge in [0.25, 0.3) is 0 Å². The van der Waals surface area contributed by atoms with Crippen molar-refractivity contribution in [1.29, 1.82) is 0 Å². The predicted octanol–water partition coefficient (Wildman–Crippen LogP) is 3.02. The average molecular weight is 276 g/mol. The van der Waals surface area contributed by atoms with Gasteiger partial charge < -0.3 is 0 Å². The van der Waals surface area contributed by atoms with E-state index < -0.39 is 0 Å². The minimum atomic E-state index is 0.220. The molecule has 0 aliphatic carbocycles. The third-order valence-corrected chi connectivity index (χ3v) is 4.91. The standard InChI is InChI=1S/C13H24O2S2/c1-5-10(3)8-7-9-12(16-14)13(17-15)11(4)6-2/h10-11H,5-9H2,1-4H3. The zero-order chi connectivity index (χ0) is 13.3. The molecule has 2 unspecified atom stereocenters. The lowest BCUT2D eigenvalue weighted by molar-refractivity contribution is 0.502. The maximum atomic E-state index is 11.1. The van der Waals surface area contributed by atoms with E-state index in [9.17, 15) is 8.42 Å². The Bertz CT molecular complexity index is 326. The summed E-state index contributed by atoms with van der Waals surface area (Å²) in [6.07, 6.45) is 5.02. The van der Waals surface area contributed by atoms with E-state index in [1.165, 1.54) is 6.42 Å². The van der Waals surface area contributed by atoms with Gasteiger partial charge in [-0.2, -0.15) is 0 Å². The second-order valence-corrected chi connectivity index (χ2v) is 5.93. The Hall–Kier alpha value is -0.220. The van der Waals surface area contributed by atoms with Gasteiger partial charge in [-0.3, -0.25) is 0 Å². The summed E-state index contributed by atoms with van der Waals surface area (Å²) in [5, 5.41) is 0. The summed E-state index contributed by atoms with van der Waals surface area (Å²) in [6, 6.07) is 0. The Morgan fingerprint density at radius 2 is 1.71 bits per heavy atom. The van der Waals surface area contributed by atoms with Crippen molar-refractivity contribution < 1.29 is 8.42 Å². The molecule has 0 saturated heterocycles. The summed E-state index contributed by atoms with van der Waals surface area (Å²) in [6.45, 7) is 8.48. The maximum absolute atomic E-state index is 11.1. The smallest absolute Gasteiger partial charge is 0.0935 e. The molecule has 100 valence electrons. The first-order valence-corrected chi connectivity index (χ1v) is 7.91. The molecule has 0 amide bonds. The highest BCUT2D eigenvalue weighted by Gasteiger charge is 2.15. The molecule has 0 aromatic rings. The van der Waals surface area contributed by atoms with Gasteiger partial charge >= 0.3 is 0 Å². The minimum absolute atomic E-state index is 0.220. The fraction of sp³-hybridized carbons (Fsp3) is 0.846. The molecule has 0 N–H and O–H groups in total. The second-order valence-electron chi connectivity index (χ2n) is 4.67. The Morgan fingerprint density at radius 1 is 1.06 bits per heavy atom. The summed E-state index contributed by atoms with van der Waals surface area (Å²) >= 11 is 1.02. The minimum Gasteiger partial charge on any atom is -0.212 e. The number of hydrogen-bond donors (Lipinski definition) is 0. The van der Waals surface area contributed by atoms with Crippen molar-refractivity contribution in [3.05, 3.63) is 0 Å². The molecule has 0 saturated carbocycles. The van der Waals surface area contributed by atoms with Crippen molar-refractivity contribution >= 4 is 32.2 Å². The Morgan fingerprint density at radius 3 is 2.12 bits per heavy atom. The van der Waals surface area contributed by atoms with E-state index in [-0.39, 0.29) is 5.92 Å². The fourth-order valence-electron chi connectivity index (χ4n) is 1.61. The van der Waals surface area contributed by atoms with Crippen molar-refractivity contribution in [2.24, 2.45) is 11.8 Å². The van der Waals surface area contributed by atoms with Crippen LogP contribution in [0.4, 0.5) is 0 Å².